The number of ether oxygens (including phenoxy) is 3. The molecule has 1 heterocycles. The molecule has 0 spiro atoms. The van der Waals surface area contributed by atoms with Crippen molar-refractivity contribution in [2.45, 2.75) is 83.9 Å². The summed E-state index contributed by atoms with van der Waals surface area (Å²) in [5.74, 6) is -0.904. The second-order valence-corrected chi connectivity index (χ2v) is 11.5. The SMILES string of the molecule is C\C=C(/C=C(\C=C\[C@H]1OC(=O)N(Cc2cc(OC(F)(F)F)ccc2N(CC)CC2CCC(C(=O)OC)CC2)[C@H]1C)C(F)(F)F)C(F)(F)F. The maximum absolute atomic E-state index is 13.6. The number of halogens is 9. The Labute approximate surface area is 272 Å². The molecule has 2 atom stereocenters. The zero-order valence-corrected chi connectivity index (χ0v) is 26.6. The summed E-state index contributed by atoms with van der Waals surface area (Å²) in [5, 5.41) is 0. The molecule has 2 fully saturated rings. The van der Waals surface area contributed by atoms with E-state index in [-0.39, 0.29) is 36.0 Å². The summed E-state index contributed by atoms with van der Waals surface area (Å²) in [6, 6.07) is 2.70. The fourth-order valence-corrected chi connectivity index (χ4v) is 5.79. The molecule has 1 aromatic carbocycles. The average molecular weight is 701 g/mol. The number of nitrogens with zero attached hydrogens (tertiary/aromatic N) is 2. The summed E-state index contributed by atoms with van der Waals surface area (Å²) in [6.07, 6.45) is -13.3. The Balaban J connectivity index is 1.88. The van der Waals surface area contributed by atoms with Crippen LogP contribution < -0.4 is 9.64 Å². The molecule has 1 aliphatic heterocycles. The van der Waals surface area contributed by atoms with Crippen LogP contribution in [-0.4, -0.2) is 68.0 Å². The Morgan fingerprint density at radius 3 is 2.17 bits per heavy atom. The lowest BCUT2D eigenvalue weighted by molar-refractivity contribution is -0.274. The number of amides is 1. The van der Waals surface area contributed by atoms with Crippen molar-refractivity contribution in [2.75, 3.05) is 25.1 Å². The summed E-state index contributed by atoms with van der Waals surface area (Å²) in [5.41, 5.74) is -2.44. The second kappa shape index (κ2) is 15.6. The average Bonchev–Trinajstić information content (AvgIpc) is 3.25. The van der Waals surface area contributed by atoms with Crippen molar-refractivity contribution in [3.8, 4) is 5.75 Å². The quantitative estimate of drug-likeness (QED) is 0.131. The van der Waals surface area contributed by atoms with E-state index in [4.69, 9.17) is 9.47 Å². The number of alkyl halides is 9. The zero-order chi connectivity index (χ0) is 36.0. The predicted octanol–water partition coefficient (Wildman–Crippen LogP) is 8.65. The third-order valence-electron chi connectivity index (χ3n) is 8.39. The fraction of sp³-hybridized carbons (Fsp3) is 0.562. The summed E-state index contributed by atoms with van der Waals surface area (Å²) in [4.78, 5) is 27.9. The molecule has 0 unspecified atom stereocenters. The van der Waals surface area contributed by atoms with E-state index in [1.165, 1.54) is 20.1 Å². The van der Waals surface area contributed by atoms with Gasteiger partial charge in [-0.25, -0.2) is 4.79 Å². The summed E-state index contributed by atoms with van der Waals surface area (Å²) in [7, 11) is 1.32. The smallest absolute Gasteiger partial charge is 0.469 e. The van der Waals surface area contributed by atoms with Gasteiger partial charge in [-0.1, -0.05) is 12.2 Å². The highest BCUT2D eigenvalue weighted by Gasteiger charge is 2.41. The highest BCUT2D eigenvalue weighted by molar-refractivity contribution is 5.72. The van der Waals surface area contributed by atoms with Crippen molar-refractivity contribution >= 4 is 17.7 Å². The number of cyclic esters (lactones) is 1. The zero-order valence-electron chi connectivity index (χ0n) is 26.6. The van der Waals surface area contributed by atoms with Crippen molar-refractivity contribution in [1.29, 1.82) is 0 Å². The van der Waals surface area contributed by atoms with Gasteiger partial charge in [0, 0.05) is 18.8 Å². The number of hydrogen-bond donors (Lipinski definition) is 0. The Bertz CT molecular complexity index is 1380. The molecule has 0 aromatic heterocycles. The molecule has 0 N–H and O–H groups in total. The molecule has 1 aromatic rings. The van der Waals surface area contributed by atoms with Crippen molar-refractivity contribution in [3.63, 3.8) is 0 Å². The van der Waals surface area contributed by atoms with E-state index < -0.39 is 53.8 Å². The van der Waals surface area contributed by atoms with E-state index >= 15 is 0 Å². The van der Waals surface area contributed by atoms with Crippen LogP contribution >= 0.6 is 0 Å². The summed E-state index contributed by atoms with van der Waals surface area (Å²) in [6.45, 7) is 4.79. The van der Waals surface area contributed by atoms with E-state index in [2.05, 4.69) is 4.74 Å². The van der Waals surface area contributed by atoms with Crippen molar-refractivity contribution in [1.82, 2.24) is 4.90 Å². The first-order chi connectivity index (χ1) is 22.3. The van der Waals surface area contributed by atoms with Crippen LogP contribution in [0.1, 0.15) is 52.0 Å². The molecule has 1 aliphatic carbocycles. The van der Waals surface area contributed by atoms with Gasteiger partial charge in [0.1, 0.15) is 11.9 Å². The minimum Gasteiger partial charge on any atom is -0.469 e. The minimum absolute atomic E-state index is 0.0601. The molecule has 268 valence electrons. The topological polar surface area (TPSA) is 68.3 Å². The highest BCUT2D eigenvalue weighted by atomic mass is 19.4. The Morgan fingerprint density at radius 1 is 1.02 bits per heavy atom. The molecule has 1 saturated carbocycles. The van der Waals surface area contributed by atoms with Gasteiger partial charge in [0.15, 0.2) is 0 Å². The number of allylic oxidation sites excluding steroid dienone is 5. The van der Waals surface area contributed by atoms with Gasteiger partial charge < -0.3 is 19.1 Å². The van der Waals surface area contributed by atoms with E-state index in [1.807, 2.05) is 11.8 Å². The maximum Gasteiger partial charge on any atom is 0.573 e. The molecule has 0 bridgehead atoms. The molecule has 16 heteroatoms. The molecule has 48 heavy (non-hydrogen) atoms. The highest BCUT2D eigenvalue weighted by Crippen LogP contribution is 2.37. The first-order valence-corrected chi connectivity index (χ1v) is 15.2. The van der Waals surface area contributed by atoms with Gasteiger partial charge in [0.2, 0.25) is 0 Å². The van der Waals surface area contributed by atoms with Crippen LogP contribution in [0.15, 0.2) is 53.6 Å². The normalized spacial score (nSPS) is 23.0. The van der Waals surface area contributed by atoms with Crippen LogP contribution in [0.3, 0.4) is 0 Å². The molecule has 3 rings (SSSR count). The van der Waals surface area contributed by atoms with Crippen LogP contribution in [-0.2, 0) is 20.8 Å². The predicted molar refractivity (Wildman–Crippen MR) is 157 cm³/mol. The van der Waals surface area contributed by atoms with Gasteiger partial charge >= 0.3 is 30.8 Å². The largest absolute Gasteiger partial charge is 0.573 e. The molecule has 1 saturated heterocycles. The van der Waals surface area contributed by atoms with Crippen LogP contribution in [0.5, 0.6) is 5.75 Å². The summed E-state index contributed by atoms with van der Waals surface area (Å²) >= 11 is 0. The van der Waals surface area contributed by atoms with E-state index in [0.717, 1.165) is 30.0 Å². The number of esters is 1. The number of anilines is 1. The first kappa shape index (κ1) is 38.6. The number of rotatable bonds is 11. The van der Waals surface area contributed by atoms with E-state index in [1.54, 1.807) is 0 Å². The minimum atomic E-state index is -5.17. The van der Waals surface area contributed by atoms with Gasteiger partial charge in [0.05, 0.1) is 36.8 Å². The van der Waals surface area contributed by atoms with Crippen molar-refractivity contribution in [3.05, 3.63) is 59.2 Å². The molecular weight excluding hydrogens is 663 g/mol. The molecule has 1 amide bonds. The third-order valence-corrected chi connectivity index (χ3v) is 8.39. The van der Waals surface area contributed by atoms with Gasteiger partial charge in [-0.3, -0.25) is 9.69 Å². The fourth-order valence-electron chi connectivity index (χ4n) is 5.79. The van der Waals surface area contributed by atoms with E-state index in [9.17, 15) is 49.1 Å². The lowest BCUT2D eigenvalue weighted by atomic mass is 9.81. The lowest BCUT2D eigenvalue weighted by Crippen LogP contribution is -2.36. The number of hydrogen-bond acceptors (Lipinski definition) is 6. The number of carbonyl (C=O) groups is 2. The van der Waals surface area contributed by atoms with Crippen LogP contribution in [0.4, 0.5) is 50.0 Å². The molecule has 7 nitrogen and oxygen atoms in total. The Kier molecular flexibility index (Phi) is 12.5. The van der Waals surface area contributed by atoms with Crippen molar-refractivity contribution < 1.29 is 63.3 Å². The van der Waals surface area contributed by atoms with Gasteiger partial charge in [-0.05, 0) is 88.3 Å². The van der Waals surface area contributed by atoms with Gasteiger partial charge in [-0.2, -0.15) is 26.3 Å². The number of benzene rings is 1. The Morgan fingerprint density at radius 2 is 1.65 bits per heavy atom. The van der Waals surface area contributed by atoms with Crippen molar-refractivity contribution in [2.24, 2.45) is 11.8 Å². The molecular formula is C32H37F9N2O5. The standard InChI is InChI=1S/C32H37F9N2O5/c1-5-23(30(33,34)35)16-24(31(36,37)38)11-14-27-19(3)43(29(45)47-27)18-22-15-25(48-32(39,40)41)12-13-26(22)42(6-2)17-20-7-9-21(10-8-20)28(44)46-4/h5,11-16,19-21,27H,6-10,17-18H2,1-4H3/b14-11+,23-5+,24-16+/t19-,20?,21?,27+/m0/s1. The maximum atomic E-state index is 13.6. The van der Waals surface area contributed by atoms with Gasteiger partial charge in [-0.15, -0.1) is 13.2 Å². The van der Waals surface area contributed by atoms with E-state index in [0.29, 0.717) is 56.6 Å². The van der Waals surface area contributed by atoms with Crippen LogP contribution in [0.2, 0.25) is 0 Å². The lowest BCUT2D eigenvalue weighted by Gasteiger charge is -2.34. The second-order valence-electron chi connectivity index (χ2n) is 11.5. The Hall–Kier alpha value is -3.85. The first-order valence-electron chi connectivity index (χ1n) is 15.2. The third kappa shape index (κ3) is 10.3. The molecule has 2 aliphatic rings. The number of carbonyl (C=O) groups excluding carboxylic acids is 2. The molecule has 0 radical (unpaired) electrons. The van der Waals surface area contributed by atoms with Crippen LogP contribution in [0.25, 0.3) is 0 Å². The van der Waals surface area contributed by atoms with Crippen LogP contribution in [0, 0.1) is 11.8 Å². The monoisotopic (exact) mass is 700 g/mol. The summed E-state index contributed by atoms with van der Waals surface area (Å²) < 4.78 is 134. The number of methoxy groups -OCH3 is 1. The van der Waals surface area contributed by atoms with Gasteiger partial charge in [0.25, 0.3) is 0 Å².